The zero-order chi connectivity index (χ0) is 14.7. The first-order valence-corrected chi connectivity index (χ1v) is 8.39. The number of hydrogen-bond acceptors (Lipinski definition) is 2. The Bertz CT molecular complexity index is 492. The molecule has 21 heavy (non-hydrogen) atoms. The van der Waals surface area contributed by atoms with E-state index in [1.54, 1.807) is 0 Å². The van der Waals surface area contributed by atoms with Crippen LogP contribution in [0.1, 0.15) is 56.9 Å². The monoisotopic (exact) mass is 286 g/mol. The highest BCUT2D eigenvalue weighted by Crippen LogP contribution is 2.32. The number of nitrogens with one attached hydrogen (secondary N) is 2. The number of para-hydroxylation sites is 1. The Morgan fingerprint density at radius 3 is 2.67 bits per heavy atom. The van der Waals surface area contributed by atoms with E-state index in [-0.39, 0.29) is 11.8 Å². The van der Waals surface area contributed by atoms with Crippen LogP contribution in [0.15, 0.2) is 24.3 Å². The van der Waals surface area contributed by atoms with Crippen molar-refractivity contribution in [1.29, 1.82) is 0 Å². The molecular weight excluding hydrogens is 260 g/mol. The Hall–Kier alpha value is -1.51. The van der Waals surface area contributed by atoms with Crippen molar-refractivity contribution in [1.82, 2.24) is 5.32 Å². The average molecular weight is 286 g/mol. The lowest BCUT2D eigenvalue weighted by molar-refractivity contribution is -0.123. The van der Waals surface area contributed by atoms with Crippen LogP contribution < -0.4 is 10.6 Å². The number of hydrogen-bond donors (Lipinski definition) is 2. The van der Waals surface area contributed by atoms with E-state index in [1.165, 1.54) is 38.5 Å². The van der Waals surface area contributed by atoms with Crippen molar-refractivity contribution >= 4 is 11.6 Å². The first kappa shape index (κ1) is 14.4. The Morgan fingerprint density at radius 1 is 1.19 bits per heavy atom. The van der Waals surface area contributed by atoms with Crippen LogP contribution in [-0.4, -0.2) is 18.5 Å². The molecule has 1 unspecified atom stereocenters. The Balaban J connectivity index is 1.61. The molecule has 1 amide bonds. The highest BCUT2D eigenvalue weighted by Gasteiger charge is 2.30. The molecule has 114 valence electrons. The van der Waals surface area contributed by atoms with Crippen LogP contribution in [-0.2, 0) is 4.79 Å². The van der Waals surface area contributed by atoms with Gasteiger partial charge in [0.2, 0.25) is 5.91 Å². The zero-order valence-corrected chi connectivity index (χ0v) is 12.9. The molecule has 3 rings (SSSR count). The number of rotatable bonds is 3. The van der Waals surface area contributed by atoms with E-state index in [0.29, 0.717) is 12.0 Å². The standard InChI is InChI=1S/C18H26N2O/c1-13(14-8-4-2-3-5-9-14)20-18(21)16-12-19-17-11-7-6-10-15(16)17/h6-7,10-11,13-14,16,19H,2-5,8-9,12H2,1H3,(H,20,21)/t13-,16?/m0/s1. The summed E-state index contributed by atoms with van der Waals surface area (Å²) < 4.78 is 0. The number of benzene rings is 1. The van der Waals surface area contributed by atoms with E-state index in [4.69, 9.17) is 0 Å². The number of carbonyl (C=O) groups is 1. The Labute approximate surface area is 127 Å². The Kier molecular flexibility index (Phi) is 4.47. The molecule has 1 aliphatic carbocycles. The average Bonchev–Trinajstić information content (AvgIpc) is 2.73. The topological polar surface area (TPSA) is 41.1 Å². The van der Waals surface area contributed by atoms with Gasteiger partial charge in [-0.3, -0.25) is 4.79 Å². The van der Waals surface area contributed by atoms with Crippen molar-refractivity contribution in [2.45, 2.75) is 57.4 Å². The largest absolute Gasteiger partial charge is 0.384 e. The van der Waals surface area contributed by atoms with Gasteiger partial charge in [-0.05, 0) is 37.3 Å². The minimum atomic E-state index is -0.0329. The van der Waals surface area contributed by atoms with Crippen LogP contribution in [0.25, 0.3) is 0 Å². The molecule has 1 heterocycles. The van der Waals surface area contributed by atoms with Crippen molar-refractivity contribution in [3.8, 4) is 0 Å². The van der Waals surface area contributed by atoms with Gasteiger partial charge in [0.25, 0.3) is 0 Å². The summed E-state index contributed by atoms with van der Waals surface area (Å²) in [6.45, 7) is 2.91. The minimum Gasteiger partial charge on any atom is -0.384 e. The third-order valence-electron chi connectivity index (χ3n) is 5.13. The molecule has 2 atom stereocenters. The van der Waals surface area contributed by atoms with Crippen molar-refractivity contribution in [3.05, 3.63) is 29.8 Å². The molecule has 1 fully saturated rings. The van der Waals surface area contributed by atoms with E-state index >= 15 is 0 Å². The lowest BCUT2D eigenvalue weighted by atomic mass is 9.92. The normalized spacial score (nSPS) is 23.8. The smallest absolute Gasteiger partial charge is 0.229 e. The molecule has 2 aliphatic rings. The summed E-state index contributed by atoms with van der Waals surface area (Å²) in [5, 5.41) is 6.61. The van der Waals surface area contributed by atoms with Gasteiger partial charge in [-0.1, -0.05) is 43.9 Å². The highest BCUT2D eigenvalue weighted by atomic mass is 16.2. The summed E-state index contributed by atoms with van der Waals surface area (Å²) in [7, 11) is 0. The number of carbonyl (C=O) groups excluding carboxylic acids is 1. The Morgan fingerprint density at radius 2 is 1.90 bits per heavy atom. The summed E-state index contributed by atoms with van der Waals surface area (Å²) in [5.41, 5.74) is 2.25. The maximum atomic E-state index is 12.6. The SMILES string of the molecule is C[C@H](NC(=O)C1CNc2ccccc21)C1CCCCCC1. The van der Waals surface area contributed by atoms with Gasteiger partial charge in [0, 0.05) is 18.3 Å². The van der Waals surface area contributed by atoms with Gasteiger partial charge in [-0.15, -0.1) is 0 Å². The molecule has 1 aromatic carbocycles. The molecule has 0 radical (unpaired) electrons. The van der Waals surface area contributed by atoms with Crippen LogP contribution in [0, 0.1) is 5.92 Å². The van der Waals surface area contributed by atoms with E-state index in [2.05, 4.69) is 29.7 Å². The van der Waals surface area contributed by atoms with Gasteiger partial charge in [0.15, 0.2) is 0 Å². The van der Waals surface area contributed by atoms with Crippen LogP contribution in [0.4, 0.5) is 5.69 Å². The summed E-state index contributed by atoms with van der Waals surface area (Å²) in [5.74, 6) is 0.805. The molecule has 1 aliphatic heterocycles. The predicted octanol–water partition coefficient (Wildman–Crippen LogP) is 3.67. The summed E-state index contributed by atoms with van der Waals surface area (Å²) >= 11 is 0. The fourth-order valence-electron chi connectivity index (χ4n) is 3.77. The first-order chi connectivity index (χ1) is 10.3. The second kappa shape index (κ2) is 6.50. The van der Waals surface area contributed by atoms with Crippen LogP contribution in [0.3, 0.4) is 0 Å². The van der Waals surface area contributed by atoms with Gasteiger partial charge >= 0.3 is 0 Å². The van der Waals surface area contributed by atoms with Crippen molar-refractivity contribution in [2.24, 2.45) is 5.92 Å². The van der Waals surface area contributed by atoms with E-state index in [1.807, 2.05) is 12.1 Å². The van der Waals surface area contributed by atoms with Crippen molar-refractivity contribution < 1.29 is 4.79 Å². The van der Waals surface area contributed by atoms with Crippen molar-refractivity contribution in [3.63, 3.8) is 0 Å². The maximum Gasteiger partial charge on any atom is 0.229 e. The molecule has 0 saturated heterocycles. The minimum absolute atomic E-state index is 0.0329. The molecule has 0 spiro atoms. The third-order valence-corrected chi connectivity index (χ3v) is 5.13. The molecular formula is C18H26N2O. The quantitative estimate of drug-likeness (QED) is 0.832. The fraction of sp³-hybridized carbons (Fsp3) is 0.611. The van der Waals surface area contributed by atoms with Gasteiger partial charge in [0.1, 0.15) is 0 Å². The van der Waals surface area contributed by atoms with Crippen LogP contribution >= 0.6 is 0 Å². The molecule has 2 N–H and O–H groups in total. The van der Waals surface area contributed by atoms with E-state index < -0.39 is 0 Å². The molecule has 3 nitrogen and oxygen atoms in total. The van der Waals surface area contributed by atoms with E-state index in [9.17, 15) is 4.79 Å². The molecule has 3 heteroatoms. The number of amides is 1. The highest BCUT2D eigenvalue weighted by molar-refractivity contribution is 5.88. The predicted molar refractivity (Wildman–Crippen MR) is 86.5 cm³/mol. The lowest BCUT2D eigenvalue weighted by Gasteiger charge is -2.25. The van der Waals surface area contributed by atoms with Gasteiger partial charge < -0.3 is 10.6 Å². The second-order valence-electron chi connectivity index (χ2n) is 6.57. The van der Waals surface area contributed by atoms with Gasteiger partial charge in [-0.25, -0.2) is 0 Å². The third kappa shape index (κ3) is 3.22. The molecule has 1 saturated carbocycles. The number of anilines is 1. The molecule has 1 aromatic rings. The van der Waals surface area contributed by atoms with Gasteiger partial charge in [0.05, 0.1) is 5.92 Å². The summed E-state index contributed by atoms with van der Waals surface area (Å²) in [6, 6.07) is 8.44. The van der Waals surface area contributed by atoms with Crippen LogP contribution in [0.5, 0.6) is 0 Å². The lowest BCUT2D eigenvalue weighted by Crippen LogP contribution is -2.41. The summed E-state index contributed by atoms with van der Waals surface area (Å²) in [4.78, 5) is 12.6. The number of fused-ring (bicyclic) bond motifs is 1. The summed E-state index contributed by atoms with van der Waals surface area (Å²) in [6.07, 6.45) is 7.88. The van der Waals surface area contributed by atoms with E-state index in [0.717, 1.165) is 17.8 Å². The molecule has 0 bridgehead atoms. The molecule has 0 aromatic heterocycles. The zero-order valence-electron chi connectivity index (χ0n) is 12.9. The first-order valence-electron chi connectivity index (χ1n) is 8.39. The fourth-order valence-corrected chi connectivity index (χ4v) is 3.77. The van der Waals surface area contributed by atoms with Crippen molar-refractivity contribution in [2.75, 3.05) is 11.9 Å². The second-order valence-corrected chi connectivity index (χ2v) is 6.57. The van der Waals surface area contributed by atoms with Crippen LogP contribution in [0.2, 0.25) is 0 Å². The maximum absolute atomic E-state index is 12.6. The van der Waals surface area contributed by atoms with Gasteiger partial charge in [-0.2, -0.15) is 0 Å².